The zero-order valence-corrected chi connectivity index (χ0v) is 12.5. The molecule has 3 rings (SSSR count). The molecule has 0 saturated carbocycles. The number of carbonyl (C=O) groups excluding carboxylic acids is 1. The maximum Gasteiger partial charge on any atom is 0.239 e. The van der Waals surface area contributed by atoms with E-state index in [4.69, 9.17) is 0 Å². The topological polar surface area (TPSA) is 46.9 Å². The van der Waals surface area contributed by atoms with Crippen LogP contribution in [0.4, 0.5) is 4.39 Å². The molecule has 1 N–H and O–H groups in total. The summed E-state index contributed by atoms with van der Waals surface area (Å²) in [5.74, 6) is 0.125. The minimum Gasteiger partial charge on any atom is -0.273 e. The summed E-state index contributed by atoms with van der Waals surface area (Å²) in [4.78, 5) is 16.7. The molecule has 0 bridgehead atoms. The number of carbonyl (C=O) groups is 1. The van der Waals surface area contributed by atoms with E-state index in [9.17, 15) is 9.18 Å². The number of imidazole rings is 1. The third-order valence-electron chi connectivity index (χ3n) is 3.12. The van der Waals surface area contributed by atoms with Crippen molar-refractivity contribution in [3.05, 3.63) is 60.7 Å². The largest absolute Gasteiger partial charge is 0.273 e. The summed E-state index contributed by atoms with van der Waals surface area (Å²) >= 11 is 1.33. The fraction of sp³-hybridized carbons (Fsp3) is 0.125. The van der Waals surface area contributed by atoms with E-state index < -0.39 is 0 Å². The zero-order valence-electron chi connectivity index (χ0n) is 11.7. The van der Waals surface area contributed by atoms with Gasteiger partial charge in [-0.2, -0.15) is 0 Å². The molecule has 0 aliphatic rings. The summed E-state index contributed by atoms with van der Waals surface area (Å²) in [5, 5.41) is 0. The molecule has 1 heterocycles. The Morgan fingerprint density at radius 3 is 2.82 bits per heavy atom. The molecule has 1 amide bonds. The van der Waals surface area contributed by atoms with Gasteiger partial charge >= 0.3 is 0 Å². The van der Waals surface area contributed by atoms with Gasteiger partial charge in [-0.05, 0) is 24.3 Å². The summed E-state index contributed by atoms with van der Waals surface area (Å²) < 4.78 is 15.1. The fourth-order valence-corrected chi connectivity index (χ4v) is 2.94. The van der Waals surface area contributed by atoms with Crippen molar-refractivity contribution in [3.63, 3.8) is 0 Å². The van der Waals surface area contributed by atoms with Crippen molar-refractivity contribution >= 4 is 28.7 Å². The van der Waals surface area contributed by atoms with Crippen LogP contribution >= 0.6 is 11.8 Å². The van der Waals surface area contributed by atoms with Crippen LogP contribution in [0, 0.1) is 5.82 Å². The fourth-order valence-electron chi connectivity index (χ4n) is 2.05. The Balaban J connectivity index is 1.56. The number of benzene rings is 2. The highest BCUT2D eigenvalue weighted by atomic mass is 32.2. The number of para-hydroxylation sites is 2. The van der Waals surface area contributed by atoms with Crippen LogP contribution < -0.4 is 5.43 Å². The smallest absolute Gasteiger partial charge is 0.239 e. The second-order valence-electron chi connectivity index (χ2n) is 4.67. The Morgan fingerprint density at radius 1 is 1.18 bits per heavy atom. The van der Waals surface area contributed by atoms with E-state index in [-0.39, 0.29) is 11.7 Å². The monoisotopic (exact) mass is 315 g/mol. The molecular weight excluding hydrogens is 301 g/mol. The van der Waals surface area contributed by atoms with Crippen LogP contribution in [0.3, 0.4) is 0 Å². The molecule has 0 aliphatic heterocycles. The second kappa shape index (κ2) is 6.62. The van der Waals surface area contributed by atoms with Crippen LogP contribution in [-0.2, 0) is 4.79 Å². The van der Waals surface area contributed by atoms with Crippen LogP contribution in [0.2, 0.25) is 0 Å². The van der Waals surface area contributed by atoms with Crippen molar-refractivity contribution in [1.82, 2.24) is 9.66 Å². The third-order valence-corrected chi connectivity index (χ3v) is 4.17. The normalized spacial score (nSPS) is 10.8. The van der Waals surface area contributed by atoms with Crippen molar-refractivity contribution in [3.8, 4) is 0 Å². The number of halogens is 1. The van der Waals surface area contributed by atoms with Crippen LogP contribution in [0.15, 0.2) is 59.8 Å². The highest BCUT2D eigenvalue weighted by Crippen LogP contribution is 2.21. The number of nitrogens with zero attached hydrogens (tertiary/aromatic N) is 2. The molecule has 0 radical (unpaired) electrons. The van der Waals surface area contributed by atoms with Crippen molar-refractivity contribution in [2.24, 2.45) is 0 Å². The quantitative estimate of drug-likeness (QED) is 0.734. The number of nitrogens with one attached hydrogen (secondary N) is 1. The summed E-state index contributed by atoms with van der Waals surface area (Å²) in [7, 11) is 0. The van der Waals surface area contributed by atoms with Gasteiger partial charge in [0, 0.05) is 17.1 Å². The molecule has 0 fully saturated rings. The standard InChI is InChI=1S/C16H14FN3OS/c17-12-5-1-4-8-15(12)22-10-9-16(21)19-20-11-18-13-6-2-3-7-14(13)20/h1-8,11H,9-10H2,(H,19,21). The molecular formula is C16H14FN3OS. The van der Waals surface area contributed by atoms with Crippen LogP contribution in [0.5, 0.6) is 0 Å². The lowest BCUT2D eigenvalue weighted by molar-refractivity contribution is -0.116. The van der Waals surface area contributed by atoms with Gasteiger partial charge in [-0.15, -0.1) is 11.8 Å². The summed E-state index contributed by atoms with van der Waals surface area (Å²) in [6.07, 6.45) is 1.87. The molecule has 112 valence electrons. The van der Waals surface area contributed by atoms with Gasteiger partial charge in [0.05, 0.1) is 11.0 Å². The van der Waals surface area contributed by atoms with E-state index in [0.717, 1.165) is 11.0 Å². The molecule has 6 heteroatoms. The molecule has 22 heavy (non-hydrogen) atoms. The Hall–Kier alpha value is -2.34. The molecule has 3 aromatic rings. The second-order valence-corrected chi connectivity index (χ2v) is 5.80. The number of hydrogen-bond acceptors (Lipinski definition) is 3. The lowest BCUT2D eigenvalue weighted by Crippen LogP contribution is -2.22. The van der Waals surface area contributed by atoms with Crippen molar-refractivity contribution in [2.75, 3.05) is 11.2 Å². The molecule has 1 aromatic heterocycles. The highest BCUT2D eigenvalue weighted by Gasteiger charge is 2.07. The molecule has 2 aromatic carbocycles. The molecule has 0 aliphatic carbocycles. The number of amides is 1. The first-order chi connectivity index (χ1) is 10.7. The first-order valence-electron chi connectivity index (χ1n) is 6.83. The van der Waals surface area contributed by atoms with Gasteiger partial charge in [0.15, 0.2) is 0 Å². The Kier molecular flexibility index (Phi) is 4.39. The van der Waals surface area contributed by atoms with E-state index in [1.165, 1.54) is 17.8 Å². The predicted octanol–water partition coefficient (Wildman–Crippen LogP) is 3.43. The Bertz CT molecular complexity index is 803. The van der Waals surface area contributed by atoms with E-state index >= 15 is 0 Å². The minimum absolute atomic E-state index is 0.132. The van der Waals surface area contributed by atoms with Crippen LogP contribution in [0.25, 0.3) is 11.0 Å². The summed E-state index contributed by atoms with van der Waals surface area (Å²) in [6, 6.07) is 14.1. The Morgan fingerprint density at radius 2 is 1.95 bits per heavy atom. The van der Waals surface area contributed by atoms with Crippen LogP contribution in [-0.4, -0.2) is 21.3 Å². The molecule has 4 nitrogen and oxygen atoms in total. The van der Waals surface area contributed by atoms with Gasteiger partial charge < -0.3 is 0 Å². The first-order valence-corrected chi connectivity index (χ1v) is 7.82. The van der Waals surface area contributed by atoms with Gasteiger partial charge in [0.1, 0.15) is 12.1 Å². The van der Waals surface area contributed by atoms with Crippen molar-refractivity contribution in [1.29, 1.82) is 0 Å². The first kappa shape index (κ1) is 14.6. The number of rotatable bonds is 5. The average molecular weight is 315 g/mol. The van der Waals surface area contributed by atoms with Gasteiger partial charge in [-0.1, -0.05) is 24.3 Å². The molecule has 0 atom stereocenters. The zero-order chi connectivity index (χ0) is 15.4. The number of aromatic nitrogens is 2. The van der Waals surface area contributed by atoms with Crippen LogP contribution in [0.1, 0.15) is 6.42 Å². The molecule has 0 spiro atoms. The number of fused-ring (bicyclic) bond motifs is 1. The summed E-state index contributed by atoms with van der Waals surface area (Å²) in [5.41, 5.74) is 4.44. The maximum absolute atomic E-state index is 13.5. The number of thioether (sulfide) groups is 1. The van der Waals surface area contributed by atoms with Gasteiger partial charge in [0.2, 0.25) is 5.91 Å². The summed E-state index contributed by atoms with van der Waals surface area (Å²) in [6.45, 7) is 0. The average Bonchev–Trinajstić information content (AvgIpc) is 2.92. The minimum atomic E-state index is -0.256. The van der Waals surface area contributed by atoms with Crippen molar-refractivity contribution < 1.29 is 9.18 Å². The lowest BCUT2D eigenvalue weighted by Gasteiger charge is -2.07. The van der Waals surface area contributed by atoms with E-state index in [0.29, 0.717) is 17.1 Å². The van der Waals surface area contributed by atoms with Gasteiger partial charge in [0.25, 0.3) is 0 Å². The Labute approximate surface area is 131 Å². The molecule has 0 unspecified atom stereocenters. The van der Waals surface area contributed by atoms with Gasteiger partial charge in [-0.3, -0.25) is 10.2 Å². The van der Waals surface area contributed by atoms with E-state index in [1.807, 2.05) is 24.3 Å². The van der Waals surface area contributed by atoms with Crippen molar-refractivity contribution in [2.45, 2.75) is 11.3 Å². The highest BCUT2D eigenvalue weighted by molar-refractivity contribution is 7.99. The third kappa shape index (κ3) is 3.28. The van der Waals surface area contributed by atoms with E-state index in [2.05, 4.69) is 10.4 Å². The maximum atomic E-state index is 13.5. The SMILES string of the molecule is O=C(CCSc1ccccc1F)Nn1cnc2ccccc21. The molecule has 0 saturated heterocycles. The van der Waals surface area contributed by atoms with Gasteiger partial charge in [-0.25, -0.2) is 14.1 Å². The number of hydrogen-bond donors (Lipinski definition) is 1. The van der Waals surface area contributed by atoms with E-state index in [1.54, 1.807) is 29.2 Å². The lowest BCUT2D eigenvalue weighted by atomic mass is 10.3. The predicted molar refractivity (Wildman–Crippen MR) is 85.8 cm³/mol.